The molecule has 4 nitrogen and oxygen atoms in total. The van der Waals surface area contributed by atoms with Crippen molar-refractivity contribution in [1.29, 1.82) is 0 Å². The van der Waals surface area contributed by atoms with Gasteiger partial charge >= 0.3 is 0 Å². The quantitative estimate of drug-likeness (QED) is 0.520. The molecule has 12 heavy (non-hydrogen) atoms. The Balaban J connectivity index is 0. The van der Waals surface area contributed by atoms with Crippen LogP contribution in [0.4, 0.5) is 0 Å². The number of methoxy groups -OCH3 is 1. The monoisotopic (exact) mass is 172 g/mol. The minimum Gasteiger partial charge on any atom is -0.505 e. The van der Waals surface area contributed by atoms with Crippen LogP contribution >= 0.6 is 0 Å². The Morgan fingerprint density at radius 3 is 2.33 bits per heavy atom. The van der Waals surface area contributed by atoms with E-state index in [9.17, 15) is 0 Å². The molecule has 0 fully saturated rings. The third-order valence-electron chi connectivity index (χ3n) is 0.933. The number of rotatable bonds is 3. The van der Waals surface area contributed by atoms with Crippen LogP contribution in [0.15, 0.2) is 29.8 Å². The van der Waals surface area contributed by atoms with Gasteiger partial charge in [-0.3, -0.25) is 0 Å². The molecule has 0 amide bonds. The van der Waals surface area contributed by atoms with Crippen molar-refractivity contribution in [3.63, 3.8) is 0 Å². The van der Waals surface area contributed by atoms with E-state index in [0.717, 1.165) is 0 Å². The van der Waals surface area contributed by atoms with Crippen molar-refractivity contribution in [2.24, 2.45) is 16.8 Å². The summed E-state index contributed by atoms with van der Waals surface area (Å²) in [5, 5.41) is 2.25. The number of ether oxygens (including phenoxy) is 1. The molecule has 0 radical (unpaired) electrons. The normalized spacial score (nSPS) is 12.2. The number of nitrogens with two attached hydrogens (primary N) is 1. The highest BCUT2D eigenvalue weighted by molar-refractivity contribution is 4.94. The molecule has 4 heteroatoms. The number of nitroso groups, excluding NO2 is 1. The molecule has 0 aromatic heterocycles. The lowest BCUT2D eigenvalue weighted by molar-refractivity contribution is 0.335. The van der Waals surface area contributed by atoms with Crippen LogP contribution in [-0.4, -0.2) is 14.2 Å². The minimum absolute atomic E-state index is 0.356. The van der Waals surface area contributed by atoms with Crippen molar-refractivity contribution < 1.29 is 4.74 Å². The summed E-state index contributed by atoms with van der Waals surface area (Å²) in [6.07, 6.45) is 6.98. The van der Waals surface area contributed by atoms with Gasteiger partial charge in [0.2, 0.25) is 0 Å². The summed E-state index contributed by atoms with van der Waals surface area (Å²) in [5.41, 5.74) is 5.15. The van der Waals surface area contributed by atoms with Crippen molar-refractivity contribution in [1.82, 2.24) is 0 Å². The Hall–Kier alpha value is -1.32. The standard InChI is InChI=1S/C7H13NO.CH3NO/c1-7(3-5-8)4-6-9-2;1-2-3/h3-7H,8H2,1-2H3;1H3/b5-3-,6-4?;. The lowest BCUT2D eigenvalue weighted by Gasteiger charge is -1.94. The second-order valence-electron chi connectivity index (χ2n) is 1.99. The first-order valence-corrected chi connectivity index (χ1v) is 3.52. The van der Waals surface area contributed by atoms with Gasteiger partial charge in [-0.2, -0.15) is 4.91 Å². The Kier molecular flexibility index (Phi) is 13.7. The fourth-order valence-electron chi connectivity index (χ4n) is 0.442. The largest absolute Gasteiger partial charge is 0.505 e. The predicted octanol–water partition coefficient (Wildman–Crippen LogP) is 1.64. The summed E-state index contributed by atoms with van der Waals surface area (Å²) in [4.78, 5) is 8.56. The second kappa shape index (κ2) is 12.4. The summed E-state index contributed by atoms with van der Waals surface area (Å²) in [6, 6.07) is 0. The Bertz CT molecular complexity index is 144. The van der Waals surface area contributed by atoms with Crippen LogP contribution in [0, 0.1) is 10.8 Å². The van der Waals surface area contributed by atoms with Crippen LogP contribution in [-0.2, 0) is 4.74 Å². The third kappa shape index (κ3) is 15.9. The summed E-state index contributed by atoms with van der Waals surface area (Å²) in [6.45, 7) is 2.03. The van der Waals surface area contributed by atoms with Gasteiger partial charge in [0.1, 0.15) is 0 Å². The lowest BCUT2D eigenvalue weighted by atomic mass is 10.2. The first-order chi connectivity index (χ1) is 5.72. The van der Waals surface area contributed by atoms with E-state index in [1.165, 1.54) is 13.2 Å². The van der Waals surface area contributed by atoms with Crippen LogP contribution in [0.2, 0.25) is 0 Å². The smallest absolute Gasteiger partial charge is 0.0790 e. The van der Waals surface area contributed by atoms with Gasteiger partial charge < -0.3 is 10.5 Å². The van der Waals surface area contributed by atoms with Crippen molar-refractivity contribution >= 4 is 0 Å². The van der Waals surface area contributed by atoms with E-state index in [1.807, 2.05) is 19.1 Å². The molecule has 2 N–H and O–H groups in total. The summed E-state index contributed by atoms with van der Waals surface area (Å²) in [7, 11) is 2.81. The summed E-state index contributed by atoms with van der Waals surface area (Å²) < 4.78 is 4.70. The van der Waals surface area contributed by atoms with Crippen molar-refractivity contribution in [3.05, 3.63) is 29.5 Å². The molecule has 0 aliphatic rings. The highest BCUT2D eigenvalue weighted by Crippen LogP contribution is 1.96. The summed E-state index contributed by atoms with van der Waals surface area (Å²) >= 11 is 0. The van der Waals surface area contributed by atoms with Crippen LogP contribution in [0.5, 0.6) is 0 Å². The van der Waals surface area contributed by atoms with E-state index in [1.54, 1.807) is 13.4 Å². The van der Waals surface area contributed by atoms with Crippen molar-refractivity contribution in [3.8, 4) is 0 Å². The Morgan fingerprint density at radius 1 is 1.50 bits per heavy atom. The Labute approximate surface area is 73.1 Å². The fourth-order valence-corrected chi connectivity index (χ4v) is 0.442. The van der Waals surface area contributed by atoms with E-state index in [0.29, 0.717) is 5.92 Å². The van der Waals surface area contributed by atoms with E-state index in [4.69, 9.17) is 15.4 Å². The number of nitrogens with zero attached hydrogens (tertiary/aromatic N) is 1. The molecular weight excluding hydrogens is 156 g/mol. The number of hydrogen-bond donors (Lipinski definition) is 1. The van der Waals surface area contributed by atoms with Crippen LogP contribution in [0.1, 0.15) is 6.92 Å². The van der Waals surface area contributed by atoms with E-state index in [2.05, 4.69) is 5.18 Å². The molecular formula is C8H16N2O2. The zero-order valence-electron chi connectivity index (χ0n) is 7.73. The molecule has 0 aliphatic carbocycles. The van der Waals surface area contributed by atoms with Gasteiger partial charge in [0.25, 0.3) is 0 Å². The van der Waals surface area contributed by atoms with Gasteiger partial charge in [0.15, 0.2) is 0 Å². The van der Waals surface area contributed by atoms with Crippen LogP contribution in [0.25, 0.3) is 0 Å². The molecule has 1 atom stereocenters. The van der Waals surface area contributed by atoms with Crippen molar-refractivity contribution in [2.45, 2.75) is 6.92 Å². The molecule has 0 rings (SSSR count). The molecule has 0 spiro atoms. The van der Waals surface area contributed by atoms with Gasteiger partial charge in [0.05, 0.1) is 20.4 Å². The zero-order valence-corrected chi connectivity index (χ0v) is 7.73. The average Bonchev–Trinajstić information content (AvgIpc) is 2.03. The molecule has 0 aromatic carbocycles. The molecule has 0 saturated heterocycles. The highest BCUT2D eigenvalue weighted by Gasteiger charge is 1.85. The summed E-state index contributed by atoms with van der Waals surface area (Å²) in [5.74, 6) is 0.356. The van der Waals surface area contributed by atoms with Gasteiger partial charge in [-0.05, 0) is 18.2 Å². The van der Waals surface area contributed by atoms with Crippen LogP contribution in [0.3, 0.4) is 0 Å². The maximum Gasteiger partial charge on any atom is 0.0790 e. The van der Waals surface area contributed by atoms with Gasteiger partial charge in [0, 0.05) is 0 Å². The second-order valence-corrected chi connectivity index (χ2v) is 1.99. The maximum absolute atomic E-state index is 8.56. The van der Waals surface area contributed by atoms with Crippen LogP contribution < -0.4 is 5.73 Å². The Morgan fingerprint density at radius 2 is 2.00 bits per heavy atom. The average molecular weight is 172 g/mol. The van der Waals surface area contributed by atoms with Gasteiger partial charge in [-0.1, -0.05) is 18.2 Å². The van der Waals surface area contributed by atoms with Gasteiger partial charge in [-0.15, -0.1) is 0 Å². The topological polar surface area (TPSA) is 64.7 Å². The minimum atomic E-state index is 0.356. The van der Waals surface area contributed by atoms with E-state index in [-0.39, 0.29) is 0 Å². The molecule has 70 valence electrons. The third-order valence-corrected chi connectivity index (χ3v) is 0.933. The fraction of sp³-hybridized carbons (Fsp3) is 0.500. The first kappa shape index (κ1) is 13.3. The van der Waals surface area contributed by atoms with E-state index < -0.39 is 0 Å². The SMILES string of the molecule is CN=O.COC=CC(C)/C=C\N. The first-order valence-electron chi connectivity index (χ1n) is 3.52. The molecule has 0 bridgehead atoms. The van der Waals surface area contributed by atoms with Crippen molar-refractivity contribution in [2.75, 3.05) is 14.2 Å². The molecule has 0 saturated carbocycles. The number of allylic oxidation sites excluding steroid dienone is 2. The maximum atomic E-state index is 8.56. The lowest BCUT2D eigenvalue weighted by Crippen LogP contribution is -1.85. The molecule has 0 aliphatic heterocycles. The zero-order chi connectivity index (χ0) is 9.82. The highest BCUT2D eigenvalue weighted by atomic mass is 16.5. The van der Waals surface area contributed by atoms with Gasteiger partial charge in [-0.25, -0.2) is 0 Å². The number of hydrogen-bond acceptors (Lipinski definition) is 4. The molecule has 0 aromatic rings. The molecule has 0 heterocycles. The molecule has 1 unspecified atom stereocenters. The van der Waals surface area contributed by atoms with E-state index >= 15 is 0 Å². The predicted molar refractivity (Wildman–Crippen MR) is 50.4 cm³/mol.